The van der Waals surface area contributed by atoms with Gasteiger partial charge >= 0.3 is 12.4 Å². The van der Waals surface area contributed by atoms with Crippen molar-refractivity contribution in [1.82, 2.24) is 5.32 Å². The van der Waals surface area contributed by atoms with E-state index in [1.165, 1.54) is 32.0 Å². The smallest absolute Gasteiger partial charge is 0.349 e. The molecule has 0 aromatic heterocycles. The number of ketones is 1. The van der Waals surface area contributed by atoms with Crippen molar-refractivity contribution in [1.29, 1.82) is 0 Å². The molecule has 0 saturated carbocycles. The lowest BCUT2D eigenvalue weighted by molar-refractivity contribution is -0.152. The third kappa shape index (κ3) is 8.51. The first-order chi connectivity index (χ1) is 16.5. The fraction of sp³-hybridized carbons (Fsp3) is 0.333. The molecule has 0 aliphatic heterocycles. The molecule has 0 aliphatic carbocycles. The van der Waals surface area contributed by atoms with Crippen molar-refractivity contribution in [2.24, 2.45) is 0 Å². The summed E-state index contributed by atoms with van der Waals surface area (Å²) in [5.41, 5.74) is 0.453. The first kappa shape index (κ1) is 29.6. The molecule has 2 rings (SSSR count). The Labute approximate surface area is 212 Å². The zero-order valence-corrected chi connectivity index (χ0v) is 20.3. The van der Waals surface area contributed by atoms with Crippen molar-refractivity contribution < 1.29 is 40.3 Å². The lowest BCUT2D eigenvalue weighted by Crippen LogP contribution is -2.35. The quantitative estimate of drug-likeness (QED) is 0.265. The van der Waals surface area contributed by atoms with Crippen molar-refractivity contribution >= 4 is 41.0 Å². The number of carbonyl (C=O) groups is 2. The molecule has 0 bridgehead atoms. The van der Waals surface area contributed by atoms with E-state index in [4.69, 9.17) is 23.2 Å². The Kier molecular flexibility index (Phi) is 9.58. The summed E-state index contributed by atoms with van der Waals surface area (Å²) < 4.78 is 91.5. The van der Waals surface area contributed by atoms with Gasteiger partial charge in [-0.2, -0.15) is 26.3 Å². The predicted octanol–water partition coefficient (Wildman–Crippen LogP) is 7.83. The minimum atomic E-state index is -4.74. The second kappa shape index (κ2) is 11.6. The minimum absolute atomic E-state index is 0.131. The summed E-state index contributed by atoms with van der Waals surface area (Å²) >= 11 is 11.3. The fourth-order valence-corrected chi connectivity index (χ4v) is 3.91. The molecule has 0 spiro atoms. The molecule has 196 valence electrons. The van der Waals surface area contributed by atoms with Crippen LogP contribution in [0.15, 0.2) is 36.4 Å². The number of nitrogens with one attached hydrogen (secondary N) is 1. The highest BCUT2D eigenvalue weighted by Crippen LogP contribution is 2.39. The summed E-state index contributed by atoms with van der Waals surface area (Å²) in [6.45, 7) is 2.90. The molecule has 36 heavy (non-hydrogen) atoms. The maximum Gasteiger partial charge on any atom is 0.399 e. The van der Waals surface area contributed by atoms with Crippen LogP contribution < -0.4 is 5.32 Å². The molecule has 2 aromatic rings. The first-order valence-corrected chi connectivity index (χ1v) is 11.1. The molecule has 3 nitrogen and oxygen atoms in total. The summed E-state index contributed by atoms with van der Waals surface area (Å²) in [4.78, 5) is 23.9. The molecule has 0 heterocycles. The first-order valence-electron chi connectivity index (χ1n) is 10.4. The van der Waals surface area contributed by atoms with Gasteiger partial charge in [-0.1, -0.05) is 47.5 Å². The summed E-state index contributed by atoms with van der Waals surface area (Å²) in [5.74, 6) is -4.91. The van der Waals surface area contributed by atoms with Gasteiger partial charge in [0.05, 0.1) is 16.0 Å². The summed E-state index contributed by atoms with van der Waals surface area (Å²) in [6.07, 6.45) is -9.49. The van der Waals surface area contributed by atoms with Crippen LogP contribution in [0.5, 0.6) is 0 Å². The van der Waals surface area contributed by atoms with Gasteiger partial charge in [-0.3, -0.25) is 9.59 Å². The van der Waals surface area contributed by atoms with E-state index in [-0.39, 0.29) is 11.1 Å². The second-order valence-corrected chi connectivity index (χ2v) is 8.97. The van der Waals surface area contributed by atoms with Crippen LogP contribution in [-0.4, -0.2) is 30.1 Å². The lowest BCUT2D eigenvalue weighted by atomic mass is 9.96. The molecule has 0 aliphatic rings. The number of benzene rings is 2. The standard InChI is InChI=1S/C24H20Cl2F7NO2/c1-12-7-14(3-5-17(12)22(36)34-13(2)8-16(35)11-23(28,29)30)4-6-18(24(31,32)33)15-9-19(25)21(27)20(26)10-15/h3-7,9-10,13,18H,8,11H2,1-2H3,(H,34,36)/b6-4+/t13-,18?/m1/s1. The molecule has 1 amide bonds. The molecule has 0 saturated heterocycles. The molecule has 0 radical (unpaired) electrons. The van der Waals surface area contributed by atoms with E-state index in [2.05, 4.69) is 5.32 Å². The van der Waals surface area contributed by atoms with E-state index < -0.39 is 64.7 Å². The highest BCUT2D eigenvalue weighted by Gasteiger charge is 2.39. The van der Waals surface area contributed by atoms with Gasteiger partial charge in [0, 0.05) is 18.0 Å². The Balaban J connectivity index is 2.18. The summed E-state index contributed by atoms with van der Waals surface area (Å²) in [7, 11) is 0. The summed E-state index contributed by atoms with van der Waals surface area (Å²) in [6, 6.07) is 4.95. The molecule has 2 aromatic carbocycles. The Bertz CT molecular complexity index is 1140. The third-order valence-electron chi connectivity index (χ3n) is 5.00. The van der Waals surface area contributed by atoms with E-state index in [1.54, 1.807) is 0 Å². The van der Waals surface area contributed by atoms with Crippen LogP contribution in [0.3, 0.4) is 0 Å². The largest absolute Gasteiger partial charge is 0.399 e. The van der Waals surface area contributed by atoms with Crippen molar-refractivity contribution in [2.75, 3.05) is 0 Å². The number of aryl methyl sites for hydroxylation is 1. The third-order valence-corrected chi connectivity index (χ3v) is 5.55. The average Bonchev–Trinajstić information content (AvgIpc) is 2.69. The maximum atomic E-state index is 13.7. The Morgan fingerprint density at radius 1 is 1.03 bits per heavy atom. The number of hydrogen-bond acceptors (Lipinski definition) is 2. The molecular weight excluding hydrogens is 538 g/mol. The monoisotopic (exact) mass is 557 g/mol. The van der Waals surface area contributed by atoms with E-state index in [1.807, 2.05) is 0 Å². The Morgan fingerprint density at radius 2 is 1.61 bits per heavy atom. The van der Waals surface area contributed by atoms with Gasteiger partial charge in [-0.25, -0.2) is 4.39 Å². The van der Waals surface area contributed by atoms with Crippen molar-refractivity contribution in [3.05, 3.63) is 74.5 Å². The van der Waals surface area contributed by atoms with Crippen molar-refractivity contribution in [3.63, 3.8) is 0 Å². The van der Waals surface area contributed by atoms with Crippen LogP contribution in [0.25, 0.3) is 6.08 Å². The van der Waals surface area contributed by atoms with Crippen LogP contribution in [0.2, 0.25) is 10.0 Å². The number of Topliss-reactive ketones (excluding diaryl/α,β-unsaturated/α-hetero) is 1. The molecule has 0 fully saturated rings. The van der Waals surface area contributed by atoms with E-state index in [0.29, 0.717) is 11.1 Å². The Morgan fingerprint density at radius 3 is 2.11 bits per heavy atom. The normalized spacial score (nSPS) is 14.1. The van der Waals surface area contributed by atoms with Gasteiger partial charge in [0.25, 0.3) is 5.91 Å². The summed E-state index contributed by atoms with van der Waals surface area (Å²) in [5, 5.41) is 1.32. The van der Waals surface area contributed by atoms with Crippen LogP contribution in [0, 0.1) is 12.7 Å². The zero-order valence-electron chi connectivity index (χ0n) is 18.8. The molecule has 1 N–H and O–H groups in total. The maximum absolute atomic E-state index is 13.7. The number of allylic oxidation sites excluding steroid dienone is 1. The number of rotatable bonds is 8. The van der Waals surface area contributed by atoms with E-state index >= 15 is 0 Å². The van der Waals surface area contributed by atoms with Crippen LogP contribution in [-0.2, 0) is 4.79 Å². The molecule has 12 heteroatoms. The number of hydrogen-bond donors (Lipinski definition) is 1. The van der Waals surface area contributed by atoms with Crippen LogP contribution in [0.4, 0.5) is 30.7 Å². The van der Waals surface area contributed by atoms with Gasteiger partial charge < -0.3 is 5.32 Å². The minimum Gasteiger partial charge on any atom is -0.349 e. The van der Waals surface area contributed by atoms with Crippen LogP contribution in [0.1, 0.15) is 52.7 Å². The van der Waals surface area contributed by atoms with Gasteiger partial charge in [0.1, 0.15) is 12.2 Å². The van der Waals surface area contributed by atoms with E-state index in [9.17, 15) is 40.3 Å². The molecule has 2 atom stereocenters. The zero-order chi connectivity index (χ0) is 27.4. The fourth-order valence-electron chi connectivity index (χ4n) is 3.41. The Hall–Kier alpha value is -2.59. The number of halogens is 9. The number of alkyl halides is 6. The van der Waals surface area contributed by atoms with Gasteiger partial charge in [-0.15, -0.1) is 0 Å². The van der Waals surface area contributed by atoms with E-state index in [0.717, 1.165) is 24.3 Å². The highest BCUT2D eigenvalue weighted by molar-refractivity contribution is 6.35. The number of amides is 1. The van der Waals surface area contributed by atoms with Gasteiger partial charge in [0.15, 0.2) is 5.82 Å². The SMILES string of the molecule is Cc1cc(/C=C/C(c2cc(Cl)c(F)c(Cl)c2)C(F)(F)F)ccc1C(=O)N[C@H](C)CC(=O)CC(F)(F)F. The lowest BCUT2D eigenvalue weighted by Gasteiger charge is -2.18. The topological polar surface area (TPSA) is 46.2 Å². The molecular formula is C24H20Cl2F7NO2. The highest BCUT2D eigenvalue weighted by atomic mass is 35.5. The second-order valence-electron chi connectivity index (χ2n) is 8.16. The molecule has 1 unspecified atom stereocenters. The van der Waals surface area contributed by atoms with Crippen molar-refractivity contribution in [2.45, 2.75) is 51.0 Å². The van der Waals surface area contributed by atoms with Crippen molar-refractivity contribution in [3.8, 4) is 0 Å². The van der Waals surface area contributed by atoms with Gasteiger partial charge in [0.2, 0.25) is 0 Å². The predicted molar refractivity (Wildman–Crippen MR) is 123 cm³/mol. The number of carbonyl (C=O) groups excluding carboxylic acids is 2. The average molecular weight is 558 g/mol. The van der Waals surface area contributed by atoms with Gasteiger partial charge in [-0.05, 0) is 48.7 Å². The van der Waals surface area contributed by atoms with Crippen LogP contribution >= 0.6 is 23.2 Å².